The van der Waals surface area contributed by atoms with Crippen LogP contribution in [0.4, 0.5) is 0 Å². The summed E-state index contributed by atoms with van der Waals surface area (Å²) in [6, 6.07) is 8.47. The molecule has 2 heterocycles. The number of pyridine rings is 1. The first kappa shape index (κ1) is 19.5. The molecule has 1 aliphatic rings. The lowest BCUT2D eigenvalue weighted by Crippen LogP contribution is -2.49. The van der Waals surface area contributed by atoms with E-state index >= 15 is 0 Å². The molecule has 1 aromatic carbocycles. The zero-order chi connectivity index (χ0) is 19.9. The van der Waals surface area contributed by atoms with Crippen molar-refractivity contribution in [2.45, 2.75) is 76.9 Å². The van der Waals surface area contributed by atoms with Crippen LogP contribution in [0.2, 0.25) is 0 Å². The third-order valence-corrected chi connectivity index (χ3v) is 6.45. The Morgan fingerprint density at radius 2 is 1.82 bits per heavy atom. The normalized spacial score (nSPS) is 16.8. The fourth-order valence-corrected chi connectivity index (χ4v) is 3.89. The van der Waals surface area contributed by atoms with E-state index in [1.54, 1.807) is 27.5 Å². The number of fused-ring (bicyclic) bond motifs is 3. The van der Waals surface area contributed by atoms with Gasteiger partial charge in [-0.25, -0.2) is 0 Å². The second-order valence-electron chi connectivity index (χ2n) is 9.07. The van der Waals surface area contributed by atoms with Crippen molar-refractivity contribution in [1.82, 2.24) is 4.98 Å². The Morgan fingerprint density at radius 3 is 2.54 bits per heavy atom. The van der Waals surface area contributed by atoms with Gasteiger partial charge in [-0.05, 0) is 70.2 Å². The number of furan rings is 1. The molecule has 147 valence electrons. The van der Waals surface area contributed by atoms with E-state index < -0.39 is 11.2 Å². The van der Waals surface area contributed by atoms with Gasteiger partial charge in [0.15, 0.2) is 0 Å². The van der Waals surface area contributed by atoms with Crippen molar-refractivity contribution in [3.63, 3.8) is 0 Å². The Balaban J connectivity index is 1.72. The molecule has 28 heavy (non-hydrogen) atoms. The van der Waals surface area contributed by atoms with Crippen molar-refractivity contribution in [2.24, 2.45) is 0 Å². The van der Waals surface area contributed by atoms with Crippen LogP contribution in [0, 0.1) is 0 Å². The summed E-state index contributed by atoms with van der Waals surface area (Å²) >= 11 is 0. The largest absolute Gasteiger partial charge is 0.456 e. The molecular weight excluding hydrogens is 349 g/mol. The van der Waals surface area contributed by atoms with Gasteiger partial charge in [-0.1, -0.05) is 25.3 Å². The molecule has 0 saturated heterocycles. The lowest BCUT2D eigenvalue weighted by Gasteiger charge is -2.37. The molecule has 4 nitrogen and oxygen atoms in total. The molecule has 0 spiro atoms. The van der Waals surface area contributed by atoms with E-state index in [4.69, 9.17) is 9.07 Å². The van der Waals surface area contributed by atoms with Crippen LogP contribution in [-0.4, -0.2) is 28.8 Å². The van der Waals surface area contributed by atoms with Crippen molar-refractivity contribution in [3.8, 4) is 0 Å². The van der Waals surface area contributed by atoms with Gasteiger partial charge in [-0.15, -0.1) is 0 Å². The van der Waals surface area contributed by atoms with Crippen molar-refractivity contribution >= 4 is 35.0 Å². The van der Waals surface area contributed by atoms with Gasteiger partial charge in [-0.2, -0.15) is 0 Å². The van der Waals surface area contributed by atoms with Crippen LogP contribution in [0.1, 0.15) is 71.3 Å². The number of hydrogen-bond acceptors (Lipinski definition) is 4. The third-order valence-electron chi connectivity index (χ3n) is 6.45. The van der Waals surface area contributed by atoms with Crippen molar-refractivity contribution in [1.29, 1.82) is 0 Å². The maximum Gasteiger partial charge on any atom is 0.352 e. The van der Waals surface area contributed by atoms with Crippen LogP contribution in [0.5, 0.6) is 0 Å². The molecule has 1 N–H and O–H groups in total. The van der Waals surface area contributed by atoms with Crippen LogP contribution in [-0.2, 0) is 4.65 Å². The summed E-state index contributed by atoms with van der Waals surface area (Å²) < 4.78 is 12.0. The highest BCUT2D eigenvalue weighted by Gasteiger charge is 2.36. The molecule has 2 aromatic heterocycles. The van der Waals surface area contributed by atoms with Crippen molar-refractivity contribution in [2.75, 3.05) is 0 Å². The molecule has 1 saturated carbocycles. The quantitative estimate of drug-likeness (QED) is 0.646. The van der Waals surface area contributed by atoms with Gasteiger partial charge in [0, 0.05) is 22.6 Å². The first-order chi connectivity index (χ1) is 13.3. The Bertz CT molecular complexity index is 981. The van der Waals surface area contributed by atoms with Gasteiger partial charge in [0.05, 0.1) is 11.2 Å². The van der Waals surface area contributed by atoms with E-state index in [1.165, 1.54) is 37.7 Å². The summed E-state index contributed by atoms with van der Waals surface area (Å²) in [5.41, 5.74) is 2.07. The Morgan fingerprint density at radius 1 is 1.07 bits per heavy atom. The van der Waals surface area contributed by atoms with Crippen LogP contribution in [0.3, 0.4) is 0 Å². The van der Waals surface area contributed by atoms with E-state index in [0.29, 0.717) is 5.92 Å². The Kier molecular flexibility index (Phi) is 5.01. The fraction of sp³-hybridized carbons (Fsp3) is 0.522. The Labute approximate surface area is 167 Å². The van der Waals surface area contributed by atoms with E-state index in [0.717, 1.165) is 27.5 Å². The minimum Gasteiger partial charge on any atom is -0.456 e. The molecule has 1 fully saturated rings. The topological polar surface area (TPSA) is 55.5 Å². The van der Waals surface area contributed by atoms with Gasteiger partial charge in [0.1, 0.15) is 11.2 Å². The monoisotopic (exact) mass is 378 g/mol. The molecule has 3 aromatic rings. The lowest BCUT2D eigenvalue weighted by atomic mass is 9.82. The predicted molar refractivity (Wildman–Crippen MR) is 114 cm³/mol. The summed E-state index contributed by atoms with van der Waals surface area (Å²) in [5, 5.41) is 12.4. The van der Waals surface area contributed by atoms with Gasteiger partial charge < -0.3 is 14.2 Å². The van der Waals surface area contributed by atoms with E-state index in [1.807, 2.05) is 19.9 Å². The van der Waals surface area contributed by atoms with E-state index in [2.05, 4.69) is 23.2 Å². The minimum atomic E-state index is -0.982. The zero-order valence-corrected chi connectivity index (χ0v) is 17.3. The third kappa shape index (κ3) is 3.58. The number of benzene rings is 1. The molecule has 0 amide bonds. The van der Waals surface area contributed by atoms with Gasteiger partial charge in [-0.3, -0.25) is 4.98 Å². The average molecular weight is 378 g/mol. The second kappa shape index (κ2) is 7.20. The summed E-state index contributed by atoms with van der Waals surface area (Å²) in [4.78, 5) is 4.53. The fourth-order valence-electron chi connectivity index (χ4n) is 3.89. The lowest BCUT2D eigenvalue weighted by molar-refractivity contribution is -0.0893. The number of rotatable bonds is 5. The average Bonchev–Trinajstić information content (AvgIpc) is 3.04. The molecule has 0 aliphatic heterocycles. The second-order valence-corrected chi connectivity index (χ2v) is 9.07. The number of aromatic nitrogens is 1. The highest BCUT2D eigenvalue weighted by atomic mass is 16.5. The first-order valence-electron chi connectivity index (χ1n) is 10.3. The van der Waals surface area contributed by atoms with Crippen LogP contribution in [0.15, 0.2) is 34.9 Å². The molecule has 1 radical (unpaired) electrons. The molecule has 0 unspecified atom stereocenters. The smallest absolute Gasteiger partial charge is 0.352 e. The molecule has 1 aliphatic carbocycles. The van der Waals surface area contributed by atoms with E-state index in [-0.39, 0.29) is 0 Å². The first-order valence-corrected chi connectivity index (χ1v) is 10.3. The molecule has 0 bridgehead atoms. The molecule has 5 heteroatoms. The number of hydrogen-bond donors (Lipinski definition) is 1. The number of aliphatic hydroxyl groups is 1. The van der Waals surface area contributed by atoms with Gasteiger partial charge in [0.25, 0.3) is 0 Å². The van der Waals surface area contributed by atoms with Crippen LogP contribution in [0.25, 0.3) is 21.9 Å². The van der Waals surface area contributed by atoms with Crippen LogP contribution >= 0.6 is 0 Å². The van der Waals surface area contributed by atoms with Crippen molar-refractivity contribution < 1.29 is 14.2 Å². The molecule has 0 atom stereocenters. The Hall–Kier alpha value is -1.85. The number of nitrogens with zero attached hydrogens (tertiary/aromatic N) is 1. The zero-order valence-electron chi connectivity index (χ0n) is 17.3. The highest BCUT2D eigenvalue weighted by molar-refractivity contribution is 6.51. The maximum atomic E-state index is 10.4. The van der Waals surface area contributed by atoms with Gasteiger partial charge in [0.2, 0.25) is 0 Å². The predicted octanol–water partition coefficient (Wildman–Crippen LogP) is 4.84. The SMILES string of the molecule is CC(C)(O)C(C)(C)O[B]c1nccc2oc3ccc(C4CCCCC4)cc3c12. The standard InChI is InChI=1S/C23H29BNO3/c1-22(2,26)23(3,4)28-24-21-20-17-14-16(15-8-6-5-7-9-15)10-11-18(17)27-19(20)12-13-25-21/h10-15,26H,5-9H2,1-4H3. The maximum absolute atomic E-state index is 10.4. The molecular formula is C23H29BNO3. The summed E-state index contributed by atoms with van der Waals surface area (Å²) in [6.07, 6.45) is 8.25. The summed E-state index contributed by atoms with van der Waals surface area (Å²) in [7, 11) is 1.66. The minimum absolute atomic E-state index is 0.637. The van der Waals surface area contributed by atoms with Crippen LogP contribution < -0.4 is 5.59 Å². The summed E-state index contributed by atoms with van der Waals surface area (Å²) in [6.45, 7) is 7.24. The van der Waals surface area contributed by atoms with E-state index in [9.17, 15) is 5.11 Å². The highest BCUT2D eigenvalue weighted by Crippen LogP contribution is 2.36. The van der Waals surface area contributed by atoms with Gasteiger partial charge >= 0.3 is 7.48 Å². The summed E-state index contributed by atoms with van der Waals surface area (Å²) in [5.74, 6) is 0.637. The molecule has 4 rings (SSSR count). The van der Waals surface area contributed by atoms with Crippen molar-refractivity contribution in [3.05, 3.63) is 36.0 Å².